The predicted octanol–water partition coefficient (Wildman–Crippen LogP) is 1.00. The summed E-state index contributed by atoms with van der Waals surface area (Å²) in [5.41, 5.74) is 5.90. The summed E-state index contributed by atoms with van der Waals surface area (Å²) < 4.78 is 39.8. The highest BCUT2D eigenvalue weighted by Crippen LogP contribution is 2.34. The Kier molecular flexibility index (Phi) is 4.61. The van der Waals surface area contributed by atoms with Crippen LogP contribution in [0.5, 0.6) is 0 Å². The summed E-state index contributed by atoms with van der Waals surface area (Å²) in [4.78, 5) is 22.9. The number of ether oxygens (including phenoxy) is 2. The molecule has 1 saturated heterocycles. The second-order valence-corrected chi connectivity index (χ2v) is 6.17. The number of aliphatic hydroxyl groups is 1. The van der Waals surface area contributed by atoms with E-state index in [9.17, 15) is 18.7 Å². The monoisotopic (exact) mass is 391 g/mol. The maximum Gasteiger partial charge on any atom is 0.338 e. The molecule has 0 saturated carbocycles. The number of aromatic nitrogens is 4. The zero-order chi connectivity index (χ0) is 19.8. The van der Waals surface area contributed by atoms with Gasteiger partial charge in [0.25, 0.3) is 0 Å². The topological polar surface area (TPSA) is 125 Å². The summed E-state index contributed by atoms with van der Waals surface area (Å²) in [5.74, 6) is -0.838. The van der Waals surface area contributed by atoms with Gasteiger partial charge in [-0.2, -0.15) is 14.4 Å². The van der Waals surface area contributed by atoms with Crippen molar-refractivity contribution in [2.75, 3.05) is 12.3 Å². The van der Waals surface area contributed by atoms with Crippen LogP contribution in [0.4, 0.5) is 14.6 Å². The zero-order valence-corrected chi connectivity index (χ0v) is 14.3. The van der Waals surface area contributed by atoms with Crippen molar-refractivity contribution in [3.8, 4) is 0 Å². The van der Waals surface area contributed by atoms with Crippen molar-refractivity contribution in [1.29, 1.82) is 0 Å². The number of carbonyl (C=O) groups is 1. The normalized spacial score (nSPS) is 24.5. The molecule has 0 unspecified atom stereocenters. The van der Waals surface area contributed by atoms with Gasteiger partial charge in [-0.1, -0.05) is 18.2 Å². The average molecular weight is 391 g/mol. The number of aliphatic hydroxyl groups excluding tert-OH is 1. The maximum absolute atomic E-state index is 14.6. The molecule has 4 rings (SSSR count). The van der Waals surface area contributed by atoms with Crippen molar-refractivity contribution in [3.05, 3.63) is 48.3 Å². The Morgan fingerprint density at radius 1 is 1.32 bits per heavy atom. The molecule has 0 radical (unpaired) electrons. The molecule has 146 valence electrons. The number of fused-ring (bicyclic) bond motifs is 1. The van der Waals surface area contributed by atoms with Gasteiger partial charge in [0.05, 0.1) is 11.9 Å². The highest BCUT2D eigenvalue weighted by molar-refractivity contribution is 5.89. The number of anilines is 1. The summed E-state index contributed by atoms with van der Waals surface area (Å²) in [6.45, 7) is -0.371. The molecule has 11 heteroatoms. The molecular weight excluding hydrogens is 376 g/mol. The minimum atomic E-state index is -1.89. The number of hydrogen-bond donors (Lipinski definition) is 2. The zero-order valence-electron chi connectivity index (χ0n) is 14.3. The van der Waals surface area contributed by atoms with Gasteiger partial charge in [0, 0.05) is 0 Å². The van der Waals surface area contributed by atoms with Crippen LogP contribution in [0.2, 0.25) is 0 Å². The fourth-order valence-electron chi connectivity index (χ4n) is 2.98. The van der Waals surface area contributed by atoms with E-state index in [1.807, 2.05) is 0 Å². The molecule has 3 aromatic rings. The lowest BCUT2D eigenvalue weighted by Gasteiger charge is -2.15. The van der Waals surface area contributed by atoms with Gasteiger partial charge in [-0.3, -0.25) is 4.57 Å². The average Bonchev–Trinajstić information content (AvgIpc) is 3.22. The molecule has 28 heavy (non-hydrogen) atoms. The Bertz CT molecular complexity index is 1020. The van der Waals surface area contributed by atoms with E-state index in [-0.39, 0.29) is 23.6 Å². The van der Waals surface area contributed by atoms with Crippen LogP contribution in [0.15, 0.2) is 36.7 Å². The van der Waals surface area contributed by atoms with Crippen molar-refractivity contribution in [2.24, 2.45) is 0 Å². The molecule has 0 amide bonds. The summed E-state index contributed by atoms with van der Waals surface area (Å²) in [7, 11) is 0. The third-order valence-electron chi connectivity index (χ3n) is 4.38. The summed E-state index contributed by atoms with van der Waals surface area (Å²) in [6.07, 6.45) is -5.89. The first-order valence-corrected chi connectivity index (χ1v) is 8.31. The van der Waals surface area contributed by atoms with Crippen LogP contribution >= 0.6 is 0 Å². The lowest BCUT2D eigenvalue weighted by Crippen LogP contribution is -2.32. The number of hydrogen-bond acceptors (Lipinski definition) is 8. The molecule has 3 heterocycles. The van der Waals surface area contributed by atoms with Gasteiger partial charge in [-0.15, -0.1) is 0 Å². The van der Waals surface area contributed by atoms with E-state index in [1.54, 1.807) is 30.3 Å². The number of benzene rings is 1. The summed E-state index contributed by atoms with van der Waals surface area (Å²) in [6, 6.07) is 8.20. The van der Waals surface area contributed by atoms with Gasteiger partial charge in [-0.05, 0) is 12.1 Å². The van der Waals surface area contributed by atoms with Crippen LogP contribution in [0, 0.1) is 6.08 Å². The molecule has 1 aromatic carbocycles. The van der Waals surface area contributed by atoms with Crippen molar-refractivity contribution in [2.45, 2.75) is 24.6 Å². The smallest absolute Gasteiger partial charge is 0.338 e. The Morgan fingerprint density at radius 3 is 2.82 bits per heavy atom. The number of esters is 1. The van der Waals surface area contributed by atoms with E-state index in [4.69, 9.17) is 15.2 Å². The van der Waals surface area contributed by atoms with E-state index in [2.05, 4.69) is 15.0 Å². The molecular formula is C17H15F2N5O4. The SMILES string of the molecule is Nc1nc(F)nc2c1ncn2[C@@H]1O[C@H](COC(=O)c2ccccc2)[C@@H](O)[C@@H]1F. The molecule has 3 N–H and O–H groups in total. The molecule has 1 fully saturated rings. The van der Waals surface area contributed by atoms with Crippen LogP contribution in [0.25, 0.3) is 11.2 Å². The summed E-state index contributed by atoms with van der Waals surface area (Å²) in [5, 5.41) is 10.1. The first-order chi connectivity index (χ1) is 13.5. The molecule has 0 spiro atoms. The third kappa shape index (κ3) is 3.14. The van der Waals surface area contributed by atoms with Gasteiger partial charge in [0.15, 0.2) is 29.4 Å². The van der Waals surface area contributed by atoms with Crippen LogP contribution in [-0.4, -0.2) is 55.6 Å². The van der Waals surface area contributed by atoms with Crippen molar-refractivity contribution in [3.63, 3.8) is 0 Å². The van der Waals surface area contributed by atoms with Gasteiger partial charge < -0.3 is 20.3 Å². The Labute approximate surface area is 156 Å². The molecule has 2 aromatic heterocycles. The Morgan fingerprint density at radius 2 is 2.07 bits per heavy atom. The third-order valence-corrected chi connectivity index (χ3v) is 4.38. The lowest BCUT2D eigenvalue weighted by molar-refractivity contribution is -0.0529. The van der Waals surface area contributed by atoms with Gasteiger partial charge in [-0.25, -0.2) is 14.2 Å². The first-order valence-electron chi connectivity index (χ1n) is 8.31. The van der Waals surface area contributed by atoms with E-state index in [1.165, 1.54) is 0 Å². The molecule has 1 aliphatic rings. The quantitative estimate of drug-likeness (QED) is 0.498. The number of imidazole rings is 1. The molecule has 1 aliphatic heterocycles. The largest absolute Gasteiger partial charge is 0.459 e. The van der Waals surface area contributed by atoms with Gasteiger partial charge in [0.1, 0.15) is 18.8 Å². The van der Waals surface area contributed by atoms with Crippen LogP contribution in [0.3, 0.4) is 0 Å². The van der Waals surface area contributed by atoms with Crippen molar-refractivity contribution in [1.82, 2.24) is 19.5 Å². The number of nitrogen functional groups attached to an aromatic ring is 1. The number of carbonyl (C=O) groups excluding carboxylic acids is 1. The minimum Gasteiger partial charge on any atom is -0.459 e. The van der Waals surface area contributed by atoms with E-state index in [0.717, 1.165) is 10.9 Å². The highest BCUT2D eigenvalue weighted by Gasteiger charge is 2.46. The van der Waals surface area contributed by atoms with E-state index >= 15 is 0 Å². The first kappa shape index (κ1) is 18.2. The van der Waals surface area contributed by atoms with Crippen LogP contribution in [0.1, 0.15) is 16.6 Å². The highest BCUT2D eigenvalue weighted by atomic mass is 19.1. The number of halogens is 2. The van der Waals surface area contributed by atoms with Crippen molar-refractivity contribution >= 4 is 23.0 Å². The van der Waals surface area contributed by atoms with E-state index in [0.29, 0.717) is 5.56 Å². The lowest BCUT2D eigenvalue weighted by atomic mass is 10.1. The second kappa shape index (κ2) is 7.09. The molecule has 0 aliphatic carbocycles. The minimum absolute atomic E-state index is 0.0747. The molecule has 0 bridgehead atoms. The van der Waals surface area contributed by atoms with Crippen molar-refractivity contribution < 1.29 is 28.2 Å². The maximum atomic E-state index is 14.6. The van der Waals surface area contributed by atoms with E-state index < -0.39 is 36.7 Å². The fourth-order valence-corrected chi connectivity index (χ4v) is 2.98. The fraction of sp³-hybridized carbons (Fsp3) is 0.294. The predicted molar refractivity (Wildman–Crippen MR) is 91.2 cm³/mol. The standard InChI is InChI=1S/C17H15F2N5O4/c18-10-12(25)9(6-27-16(26)8-4-2-1-3-5-8)28-15(10)24-7-21-11-13(20)22-17(19)23-14(11)24/h1-5,7,9-10,12,15,25H,6H2,(H2,20,22,23)/t9-,10+,12-,15-/m1/s1. The molecule has 9 nitrogen and oxygen atoms in total. The molecule has 4 atom stereocenters. The second-order valence-electron chi connectivity index (χ2n) is 6.17. The number of rotatable bonds is 4. The number of nitrogens with two attached hydrogens (primary N) is 1. The Hall–Kier alpha value is -3.18. The number of alkyl halides is 1. The van der Waals surface area contributed by atoms with Crippen LogP contribution in [-0.2, 0) is 9.47 Å². The number of nitrogens with zero attached hydrogens (tertiary/aromatic N) is 4. The summed E-state index contributed by atoms with van der Waals surface area (Å²) >= 11 is 0. The Balaban J connectivity index is 1.51. The van der Waals surface area contributed by atoms with Crippen LogP contribution < -0.4 is 5.73 Å². The van der Waals surface area contributed by atoms with Gasteiger partial charge >= 0.3 is 12.0 Å². The van der Waals surface area contributed by atoms with Gasteiger partial charge in [0.2, 0.25) is 0 Å².